The van der Waals surface area contributed by atoms with Crippen LogP contribution in [0.3, 0.4) is 0 Å². The Balaban J connectivity index is 1.40. The van der Waals surface area contributed by atoms with Crippen LogP contribution in [0.1, 0.15) is 24.1 Å². The number of benzene rings is 1. The van der Waals surface area contributed by atoms with Crippen LogP contribution in [0.25, 0.3) is 0 Å². The van der Waals surface area contributed by atoms with Crippen molar-refractivity contribution in [1.82, 2.24) is 14.7 Å². The monoisotopic (exact) mass is 341 g/mol. The van der Waals surface area contributed by atoms with Crippen molar-refractivity contribution in [1.29, 1.82) is 0 Å². The summed E-state index contributed by atoms with van der Waals surface area (Å²) in [6.45, 7) is 3.67. The number of likely N-dealkylation sites (tertiary alicyclic amines) is 1. The van der Waals surface area contributed by atoms with Gasteiger partial charge >= 0.3 is 0 Å². The molecule has 2 heterocycles. The number of aryl methyl sites for hydroxylation is 1. The lowest BCUT2D eigenvalue weighted by atomic mass is 9.90. The molecule has 2 aromatic rings. The third-order valence-corrected chi connectivity index (χ3v) is 5.23. The van der Waals surface area contributed by atoms with E-state index < -0.39 is 5.41 Å². The smallest absolute Gasteiger partial charge is 0.266 e. The van der Waals surface area contributed by atoms with Crippen LogP contribution in [0.5, 0.6) is 0 Å². The first-order chi connectivity index (χ1) is 12.0. The highest BCUT2D eigenvalue weighted by molar-refractivity contribution is 5.91. The molecule has 0 unspecified atom stereocenters. The standard InChI is InChI=1S/C19H20FN3O2/c1-13-2-7-17(24)23(21-13)12-14-10-22(11-14)18(25)19(8-9-19)15-3-5-16(20)6-4-15/h2-7,14H,8-12H2,1H3. The summed E-state index contributed by atoms with van der Waals surface area (Å²) >= 11 is 0. The van der Waals surface area contributed by atoms with Crippen LogP contribution in [-0.4, -0.2) is 33.7 Å². The Labute approximate surface area is 145 Å². The summed E-state index contributed by atoms with van der Waals surface area (Å²) in [5, 5.41) is 4.25. The van der Waals surface area contributed by atoms with Gasteiger partial charge in [0.05, 0.1) is 17.7 Å². The van der Waals surface area contributed by atoms with Gasteiger partial charge < -0.3 is 4.90 Å². The van der Waals surface area contributed by atoms with Crippen molar-refractivity contribution >= 4 is 5.91 Å². The zero-order valence-corrected chi connectivity index (χ0v) is 14.1. The lowest BCUT2D eigenvalue weighted by molar-refractivity contribution is -0.140. The van der Waals surface area contributed by atoms with Gasteiger partial charge in [0.15, 0.2) is 0 Å². The van der Waals surface area contributed by atoms with Gasteiger partial charge in [0.25, 0.3) is 5.56 Å². The predicted molar refractivity (Wildman–Crippen MR) is 90.6 cm³/mol. The molecule has 130 valence electrons. The predicted octanol–water partition coefficient (Wildman–Crippen LogP) is 1.88. The molecule has 0 N–H and O–H groups in total. The second-order valence-electron chi connectivity index (χ2n) is 7.16. The second-order valence-corrected chi connectivity index (χ2v) is 7.16. The Morgan fingerprint density at radius 3 is 2.52 bits per heavy atom. The first kappa shape index (κ1) is 16.0. The summed E-state index contributed by atoms with van der Waals surface area (Å²) in [4.78, 5) is 26.5. The lowest BCUT2D eigenvalue weighted by Gasteiger charge is -2.41. The third-order valence-electron chi connectivity index (χ3n) is 5.23. The van der Waals surface area contributed by atoms with Gasteiger partial charge in [-0.1, -0.05) is 12.1 Å². The number of rotatable bonds is 4. The highest BCUT2D eigenvalue weighted by Crippen LogP contribution is 2.50. The highest BCUT2D eigenvalue weighted by Gasteiger charge is 2.54. The molecule has 1 saturated heterocycles. The van der Waals surface area contributed by atoms with E-state index in [9.17, 15) is 14.0 Å². The second kappa shape index (κ2) is 5.79. The third kappa shape index (κ3) is 2.86. The molecule has 1 saturated carbocycles. The Morgan fingerprint density at radius 2 is 1.88 bits per heavy atom. The van der Waals surface area contributed by atoms with Crippen LogP contribution in [-0.2, 0) is 16.8 Å². The van der Waals surface area contributed by atoms with Crippen molar-refractivity contribution in [2.75, 3.05) is 13.1 Å². The minimum absolute atomic E-state index is 0.111. The number of amides is 1. The van der Waals surface area contributed by atoms with E-state index in [1.807, 2.05) is 11.8 Å². The molecule has 0 bridgehead atoms. The summed E-state index contributed by atoms with van der Waals surface area (Å²) < 4.78 is 14.6. The molecule has 1 aliphatic heterocycles. The average Bonchev–Trinajstić information content (AvgIpc) is 3.35. The molecule has 25 heavy (non-hydrogen) atoms. The largest absolute Gasteiger partial charge is 0.341 e. The van der Waals surface area contributed by atoms with Crippen molar-refractivity contribution in [3.63, 3.8) is 0 Å². The molecule has 1 amide bonds. The number of halogens is 1. The van der Waals surface area contributed by atoms with Gasteiger partial charge in [-0.3, -0.25) is 9.59 Å². The molecule has 1 aromatic carbocycles. The van der Waals surface area contributed by atoms with Gasteiger partial charge in [0, 0.05) is 25.1 Å². The first-order valence-electron chi connectivity index (χ1n) is 8.58. The quantitative estimate of drug-likeness (QED) is 0.853. The zero-order valence-electron chi connectivity index (χ0n) is 14.1. The molecule has 4 rings (SSSR count). The van der Waals surface area contributed by atoms with Crippen molar-refractivity contribution in [2.45, 2.75) is 31.7 Å². The average molecular weight is 341 g/mol. The number of aromatic nitrogens is 2. The van der Waals surface area contributed by atoms with Crippen molar-refractivity contribution in [3.05, 3.63) is 63.8 Å². The minimum Gasteiger partial charge on any atom is -0.341 e. The Bertz CT molecular complexity index is 865. The maximum Gasteiger partial charge on any atom is 0.266 e. The lowest BCUT2D eigenvalue weighted by Crippen LogP contribution is -2.55. The fourth-order valence-corrected chi connectivity index (χ4v) is 3.60. The van der Waals surface area contributed by atoms with Crippen LogP contribution in [0.4, 0.5) is 4.39 Å². The Kier molecular flexibility index (Phi) is 3.71. The number of hydrogen-bond donors (Lipinski definition) is 0. The number of carbonyl (C=O) groups is 1. The number of carbonyl (C=O) groups excluding carboxylic acids is 1. The van der Waals surface area contributed by atoms with Crippen LogP contribution in [0.15, 0.2) is 41.2 Å². The summed E-state index contributed by atoms with van der Waals surface area (Å²) in [6, 6.07) is 9.49. The molecule has 2 aliphatic rings. The molecule has 0 spiro atoms. The van der Waals surface area contributed by atoms with Crippen LogP contribution in [0.2, 0.25) is 0 Å². The topological polar surface area (TPSA) is 55.2 Å². The van der Waals surface area contributed by atoms with Gasteiger partial charge in [-0.15, -0.1) is 0 Å². The van der Waals surface area contributed by atoms with Gasteiger partial charge in [-0.2, -0.15) is 5.10 Å². The van der Waals surface area contributed by atoms with Crippen molar-refractivity contribution < 1.29 is 9.18 Å². The highest BCUT2D eigenvalue weighted by atomic mass is 19.1. The molecule has 2 fully saturated rings. The maximum atomic E-state index is 13.1. The Hall–Kier alpha value is -2.50. The summed E-state index contributed by atoms with van der Waals surface area (Å²) in [5.41, 5.74) is 1.14. The SMILES string of the molecule is Cc1ccc(=O)n(CC2CN(C(=O)C3(c4ccc(F)cc4)CC3)C2)n1. The van der Waals surface area contributed by atoms with E-state index in [4.69, 9.17) is 0 Å². The number of nitrogens with zero attached hydrogens (tertiary/aromatic N) is 3. The van der Waals surface area contributed by atoms with E-state index in [0.717, 1.165) is 24.1 Å². The molecule has 1 aromatic heterocycles. The molecule has 5 nitrogen and oxygen atoms in total. The molecule has 1 aliphatic carbocycles. The fourth-order valence-electron chi connectivity index (χ4n) is 3.60. The van der Waals surface area contributed by atoms with Crippen molar-refractivity contribution in [3.8, 4) is 0 Å². The summed E-state index contributed by atoms with van der Waals surface area (Å²) in [5.74, 6) is 0.0898. The molecule has 0 atom stereocenters. The van der Waals surface area contributed by atoms with Gasteiger partial charge in [-0.25, -0.2) is 9.07 Å². The Morgan fingerprint density at radius 1 is 1.20 bits per heavy atom. The fraction of sp³-hybridized carbons (Fsp3) is 0.421. The molecule has 0 radical (unpaired) electrons. The van der Waals surface area contributed by atoms with Gasteiger partial charge in [0.2, 0.25) is 5.91 Å². The van der Waals surface area contributed by atoms with Crippen molar-refractivity contribution in [2.24, 2.45) is 5.92 Å². The summed E-state index contributed by atoms with van der Waals surface area (Å²) in [6.07, 6.45) is 1.63. The van der Waals surface area contributed by atoms with Crippen LogP contribution >= 0.6 is 0 Å². The van der Waals surface area contributed by atoms with Gasteiger partial charge in [0.1, 0.15) is 5.82 Å². The molecular weight excluding hydrogens is 321 g/mol. The molecular formula is C19H20FN3O2. The first-order valence-corrected chi connectivity index (χ1v) is 8.58. The normalized spacial score (nSPS) is 18.7. The van der Waals surface area contributed by atoms with E-state index in [2.05, 4.69) is 5.10 Å². The zero-order chi connectivity index (χ0) is 17.6. The van der Waals surface area contributed by atoms with Crippen LogP contribution < -0.4 is 5.56 Å². The molecule has 6 heteroatoms. The summed E-state index contributed by atoms with van der Waals surface area (Å²) in [7, 11) is 0. The van der Waals surface area contributed by atoms with E-state index in [1.165, 1.54) is 22.9 Å². The van der Waals surface area contributed by atoms with E-state index in [-0.39, 0.29) is 23.2 Å². The van der Waals surface area contributed by atoms with E-state index in [0.29, 0.717) is 19.6 Å². The van der Waals surface area contributed by atoms with E-state index in [1.54, 1.807) is 18.2 Å². The maximum absolute atomic E-state index is 13.1. The van der Waals surface area contributed by atoms with E-state index >= 15 is 0 Å². The number of hydrogen-bond acceptors (Lipinski definition) is 3. The van der Waals surface area contributed by atoms with Gasteiger partial charge in [-0.05, 0) is 43.5 Å². The van der Waals surface area contributed by atoms with Crippen LogP contribution in [0, 0.1) is 18.7 Å². The minimum atomic E-state index is -0.461.